The maximum absolute atomic E-state index is 5.71. The van der Waals surface area contributed by atoms with E-state index in [1.165, 1.54) is 6.33 Å². The van der Waals surface area contributed by atoms with Gasteiger partial charge in [0.05, 0.1) is 5.69 Å². The van der Waals surface area contributed by atoms with Crippen molar-refractivity contribution in [3.8, 4) is 5.75 Å². The molecule has 0 fully saturated rings. The Kier molecular flexibility index (Phi) is 3.00. The summed E-state index contributed by atoms with van der Waals surface area (Å²) in [6.45, 7) is 1.93. The van der Waals surface area contributed by atoms with Gasteiger partial charge in [-0.2, -0.15) is 0 Å². The molecule has 0 amide bonds. The quantitative estimate of drug-likeness (QED) is 0.852. The Hall–Kier alpha value is -2.10. The Morgan fingerprint density at radius 1 is 1.19 bits per heavy atom. The molecule has 0 aliphatic heterocycles. The van der Waals surface area contributed by atoms with Gasteiger partial charge in [-0.25, -0.2) is 9.97 Å². The van der Waals surface area contributed by atoms with Gasteiger partial charge in [0.1, 0.15) is 24.0 Å². The lowest BCUT2D eigenvalue weighted by molar-refractivity contribution is 0.222. The van der Waals surface area contributed by atoms with Crippen molar-refractivity contribution >= 4 is 5.82 Å². The molecule has 0 saturated heterocycles. The summed E-state index contributed by atoms with van der Waals surface area (Å²) < 4.78 is 5.71. The van der Waals surface area contributed by atoms with E-state index in [-0.39, 0.29) is 6.10 Å². The molecular weight excluding hydrogens is 202 g/mol. The highest BCUT2D eigenvalue weighted by atomic mass is 16.5. The maximum atomic E-state index is 5.71. The molecule has 4 nitrogen and oxygen atoms in total. The van der Waals surface area contributed by atoms with Crippen molar-refractivity contribution in [2.75, 3.05) is 5.73 Å². The van der Waals surface area contributed by atoms with E-state index in [9.17, 15) is 0 Å². The van der Waals surface area contributed by atoms with Crippen LogP contribution in [0.1, 0.15) is 18.7 Å². The number of nitrogens with zero attached hydrogens (tertiary/aromatic N) is 2. The van der Waals surface area contributed by atoms with E-state index in [1.54, 1.807) is 6.07 Å². The first kappa shape index (κ1) is 10.4. The maximum Gasteiger partial charge on any atom is 0.138 e. The van der Waals surface area contributed by atoms with E-state index in [1.807, 2.05) is 37.3 Å². The van der Waals surface area contributed by atoms with Crippen LogP contribution in [0.25, 0.3) is 0 Å². The van der Waals surface area contributed by atoms with Gasteiger partial charge in [-0.1, -0.05) is 18.2 Å². The van der Waals surface area contributed by atoms with Crippen LogP contribution in [0.15, 0.2) is 42.7 Å². The number of benzene rings is 1. The van der Waals surface area contributed by atoms with Crippen LogP contribution in [0.3, 0.4) is 0 Å². The fraction of sp³-hybridized carbons (Fsp3) is 0.167. The zero-order valence-electron chi connectivity index (χ0n) is 9.00. The van der Waals surface area contributed by atoms with Gasteiger partial charge in [0, 0.05) is 6.07 Å². The Morgan fingerprint density at radius 3 is 2.62 bits per heavy atom. The summed E-state index contributed by atoms with van der Waals surface area (Å²) in [5.41, 5.74) is 6.36. The molecule has 0 aliphatic carbocycles. The third-order valence-electron chi connectivity index (χ3n) is 2.18. The van der Waals surface area contributed by atoms with E-state index in [0.717, 1.165) is 11.4 Å². The highest BCUT2D eigenvalue weighted by Gasteiger charge is 2.08. The molecule has 0 saturated carbocycles. The summed E-state index contributed by atoms with van der Waals surface area (Å²) in [5.74, 6) is 1.26. The molecule has 16 heavy (non-hydrogen) atoms. The molecule has 2 rings (SSSR count). The number of nitrogen functional groups attached to an aromatic ring is 1. The number of para-hydroxylation sites is 1. The first-order valence-corrected chi connectivity index (χ1v) is 5.05. The Morgan fingerprint density at radius 2 is 1.94 bits per heavy atom. The van der Waals surface area contributed by atoms with Crippen LogP contribution < -0.4 is 10.5 Å². The van der Waals surface area contributed by atoms with E-state index in [2.05, 4.69) is 9.97 Å². The molecule has 1 aromatic carbocycles. The summed E-state index contributed by atoms with van der Waals surface area (Å²) in [6, 6.07) is 11.3. The van der Waals surface area contributed by atoms with E-state index in [4.69, 9.17) is 10.5 Å². The molecule has 4 heteroatoms. The zero-order chi connectivity index (χ0) is 11.4. The van der Waals surface area contributed by atoms with Crippen LogP contribution in [0.2, 0.25) is 0 Å². The standard InChI is InChI=1S/C12H13N3O/c1-9(11-7-12(13)15-8-14-11)16-10-5-3-2-4-6-10/h2-9H,1H3,(H2,13,14,15)/t9-/m1/s1. The van der Waals surface area contributed by atoms with Gasteiger partial charge in [-0.15, -0.1) is 0 Å². The van der Waals surface area contributed by atoms with Gasteiger partial charge in [0.25, 0.3) is 0 Å². The number of anilines is 1. The molecule has 1 atom stereocenters. The van der Waals surface area contributed by atoms with E-state index in [0.29, 0.717) is 5.82 Å². The van der Waals surface area contributed by atoms with E-state index >= 15 is 0 Å². The van der Waals surface area contributed by atoms with Crippen LogP contribution in [0.5, 0.6) is 5.75 Å². The lowest BCUT2D eigenvalue weighted by Crippen LogP contribution is -2.06. The fourth-order valence-electron chi connectivity index (χ4n) is 1.37. The second-order valence-corrected chi connectivity index (χ2v) is 3.44. The van der Waals surface area contributed by atoms with Crippen LogP contribution in [0, 0.1) is 0 Å². The van der Waals surface area contributed by atoms with Crippen molar-refractivity contribution in [2.24, 2.45) is 0 Å². The molecule has 0 unspecified atom stereocenters. The third-order valence-corrected chi connectivity index (χ3v) is 2.18. The smallest absolute Gasteiger partial charge is 0.138 e. The summed E-state index contributed by atoms with van der Waals surface area (Å²) in [5, 5.41) is 0. The number of ether oxygens (including phenoxy) is 1. The van der Waals surface area contributed by atoms with Crippen molar-refractivity contribution < 1.29 is 4.74 Å². The van der Waals surface area contributed by atoms with Crippen LogP contribution in [-0.4, -0.2) is 9.97 Å². The van der Waals surface area contributed by atoms with Crippen molar-refractivity contribution in [3.05, 3.63) is 48.4 Å². The normalized spacial score (nSPS) is 12.1. The minimum absolute atomic E-state index is 0.146. The Balaban J connectivity index is 2.12. The number of hydrogen-bond donors (Lipinski definition) is 1. The molecule has 0 spiro atoms. The van der Waals surface area contributed by atoms with Crippen molar-refractivity contribution in [1.82, 2.24) is 9.97 Å². The highest BCUT2D eigenvalue weighted by Crippen LogP contribution is 2.19. The predicted molar refractivity (Wildman–Crippen MR) is 61.9 cm³/mol. The highest BCUT2D eigenvalue weighted by molar-refractivity contribution is 5.29. The third kappa shape index (κ3) is 2.48. The molecule has 2 aromatic rings. The number of hydrogen-bond acceptors (Lipinski definition) is 4. The second-order valence-electron chi connectivity index (χ2n) is 3.44. The molecule has 1 aromatic heterocycles. The zero-order valence-corrected chi connectivity index (χ0v) is 9.00. The molecular formula is C12H13N3O. The average molecular weight is 215 g/mol. The van der Waals surface area contributed by atoms with E-state index < -0.39 is 0 Å². The number of nitrogens with two attached hydrogens (primary N) is 1. The van der Waals surface area contributed by atoms with Gasteiger partial charge in [-0.05, 0) is 19.1 Å². The Labute approximate surface area is 94.1 Å². The topological polar surface area (TPSA) is 61.0 Å². The van der Waals surface area contributed by atoms with Crippen molar-refractivity contribution in [2.45, 2.75) is 13.0 Å². The molecule has 0 bridgehead atoms. The van der Waals surface area contributed by atoms with Gasteiger partial charge in [-0.3, -0.25) is 0 Å². The summed E-state index contributed by atoms with van der Waals surface area (Å²) in [6.07, 6.45) is 1.29. The first-order chi connectivity index (χ1) is 7.75. The monoisotopic (exact) mass is 215 g/mol. The first-order valence-electron chi connectivity index (χ1n) is 5.05. The SMILES string of the molecule is C[C@@H](Oc1ccccc1)c1cc(N)ncn1. The molecule has 0 aliphatic rings. The van der Waals surface area contributed by atoms with Gasteiger partial charge in [0.15, 0.2) is 0 Å². The van der Waals surface area contributed by atoms with Crippen LogP contribution >= 0.6 is 0 Å². The average Bonchev–Trinajstić information content (AvgIpc) is 2.30. The van der Waals surface area contributed by atoms with Crippen LogP contribution in [0.4, 0.5) is 5.82 Å². The van der Waals surface area contributed by atoms with Crippen LogP contribution in [-0.2, 0) is 0 Å². The number of rotatable bonds is 3. The van der Waals surface area contributed by atoms with Crippen molar-refractivity contribution in [1.29, 1.82) is 0 Å². The molecule has 1 heterocycles. The predicted octanol–water partition coefficient (Wildman–Crippen LogP) is 2.20. The van der Waals surface area contributed by atoms with Gasteiger partial charge >= 0.3 is 0 Å². The minimum Gasteiger partial charge on any atom is -0.484 e. The molecule has 82 valence electrons. The molecule has 2 N–H and O–H groups in total. The Bertz CT molecular complexity index is 459. The summed E-state index contributed by atoms with van der Waals surface area (Å²) in [7, 11) is 0. The lowest BCUT2D eigenvalue weighted by atomic mass is 10.2. The minimum atomic E-state index is -0.146. The molecule has 0 radical (unpaired) electrons. The summed E-state index contributed by atoms with van der Waals surface area (Å²) >= 11 is 0. The second kappa shape index (κ2) is 4.61. The van der Waals surface area contributed by atoms with Gasteiger partial charge in [0.2, 0.25) is 0 Å². The van der Waals surface area contributed by atoms with Gasteiger partial charge < -0.3 is 10.5 Å². The largest absolute Gasteiger partial charge is 0.484 e. The fourth-order valence-corrected chi connectivity index (χ4v) is 1.37. The lowest BCUT2D eigenvalue weighted by Gasteiger charge is -2.13. The number of aromatic nitrogens is 2. The summed E-state index contributed by atoms with van der Waals surface area (Å²) in [4.78, 5) is 7.96. The van der Waals surface area contributed by atoms with Crippen molar-refractivity contribution in [3.63, 3.8) is 0 Å².